The number of rotatable bonds is 6. The van der Waals surface area contributed by atoms with Crippen LogP contribution in [0.3, 0.4) is 0 Å². The second-order valence-electron chi connectivity index (χ2n) is 8.56. The highest BCUT2D eigenvalue weighted by Gasteiger charge is 2.35. The van der Waals surface area contributed by atoms with E-state index in [0.29, 0.717) is 38.4 Å². The van der Waals surface area contributed by atoms with Crippen molar-refractivity contribution in [1.29, 1.82) is 0 Å². The van der Waals surface area contributed by atoms with Crippen molar-refractivity contribution in [1.82, 2.24) is 4.57 Å². The van der Waals surface area contributed by atoms with Crippen LogP contribution in [0.2, 0.25) is 10.0 Å². The lowest BCUT2D eigenvalue weighted by Gasteiger charge is -2.21. The Morgan fingerprint density at radius 2 is 1.62 bits per heavy atom. The molecule has 3 aromatic rings. The zero-order valence-electron chi connectivity index (χ0n) is 20.0. The molecule has 0 bridgehead atoms. The second-order valence-corrected chi connectivity index (χ2v) is 9.41. The van der Waals surface area contributed by atoms with Gasteiger partial charge in [0.25, 0.3) is 0 Å². The van der Waals surface area contributed by atoms with Crippen molar-refractivity contribution in [2.45, 2.75) is 40.2 Å². The van der Waals surface area contributed by atoms with E-state index in [-0.39, 0.29) is 17.7 Å². The lowest BCUT2D eigenvalue weighted by molar-refractivity contribution is 0.00656. The summed E-state index contributed by atoms with van der Waals surface area (Å²) in [4.78, 5) is 26.6. The van der Waals surface area contributed by atoms with E-state index in [9.17, 15) is 9.59 Å². The fourth-order valence-electron chi connectivity index (χ4n) is 3.66. The molecule has 0 amide bonds. The van der Waals surface area contributed by atoms with E-state index in [1.165, 1.54) is 0 Å². The van der Waals surface area contributed by atoms with Gasteiger partial charge in [-0.1, -0.05) is 23.2 Å². The van der Waals surface area contributed by atoms with Crippen LogP contribution < -0.4 is 4.74 Å². The molecule has 0 saturated heterocycles. The maximum Gasteiger partial charge on any atom is 0.341 e. The highest BCUT2D eigenvalue weighted by molar-refractivity contribution is 6.36. The maximum absolute atomic E-state index is 13.5. The first kappa shape index (κ1) is 25.7. The summed E-state index contributed by atoms with van der Waals surface area (Å²) in [5.41, 5.74) is 1.52. The molecule has 0 fully saturated rings. The summed E-state index contributed by atoms with van der Waals surface area (Å²) in [6, 6.07) is 12.2. The predicted molar refractivity (Wildman–Crippen MR) is 134 cm³/mol. The summed E-state index contributed by atoms with van der Waals surface area (Å²) in [5.74, 6) is -0.621. The third-order valence-corrected chi connectivity index (χ3v) is 5.55. The average molecular weight is 504 g/mol. The Morgan fingerprint density at radius 3 is 2.15 bits per heavy atom. The van der Waals surface area contributed by atoms with Crippen LogP contribution in [0.15, 0.2) is 42.5 Å². The molecule has 3 rings (SSSR count). The number of carbonyl (C=O) groups excluding carboxylic acids is 2. The van der Waals surface area contributed by atoms with Gasteiger partial charge in [0, 0.05) is 22.0 Å². The molecule has 0 atom stereocenters. The molecule has 1 aromatic heterocycles. The number of nitrogens with zero attached hydrogens (tertiary/aromatic N) is 1. The molecule has 180 valence electrons. The zero-order chi connectivity index (χ0) is 25.2. The van der Waals surface area contributed by atoms with Crippen molar-refractivity contribution >= 4 is 35.1 Å². The molecule has 0 unspecified atom stereocenters. The Kier molecular flexibility index (Phi) is 7.64. The van der Waals surface area contributed by atoms with Gasteiger partial charge >= 0.3 is 11.9 Å². The van der Waals surface area contributed by atoms with Crippen LogP contribution in [0, 0.1) is 6.92 Å². The van der Waals surface area contributed by atoms with Crippen molar-refractivity contribution < 1.29 is 23.8 Å². The summed E-state index contributed by atoms with van der Waals surface area (Å²) in [5, 5.41) is 0.762. The minimum absolute atomic E-state index is 0.0749. The second kappa shape index (κ2) is 10.1. The van der Waals surface area contributed by atoms with E-state index in [1.807, 2.05) is 12.1 Å². The molecule has 0 spiro atoms. The van der Waals surface area contributed by atoms with Crippen LogP contribution in [0.1, 0.15) is 54.1 Å². The van der Waals surface area contributed by atoms with Crippen molar-refractivity contribution in [2.24, 2.45) is 0 Å². The van der Waals surface area contributed by atoms with Gasteiger partial charge in [-0.05, 0) is 77.1 Å². The lowest BCUT2D eigenvalue weighted by atomic mass is 10.0. The largest absolute Gasteiger partial charge is 0.497 e. The number of benzene rings is 2. The molecule has 0 aliphatic carbocycles. The Balaban J connectivity index is 2.45. The third-order valence-electron chi connectivity index (χ3n) is 5.01. The summed E-state index contributed by atoms with van der Waals surface area (Å²) in [6.45, 7) is 8.89. The summed E-state index contributed by atoms with van der Waals surface area (Å²) < 4.78 is 18.1. The molecular weight excluding hydrogens is 477 g/mol. The Morgan fingerprint density at radius 1 is 0.971 bits per heavy atom. The Labute approximate surface area is 209 Å². The summed E-state index contributed by atoms with van der Waals surface area (Å²) in [7, 11) is 1.58. The van der Waals surface area contributed by atoms with Gasteiger partial charge in [0.1, 0.15) is 16.9 Å². The number of ether oxygens (including phenoxy) is 3. The standard InChI is InChI=1S/C26H27Cl2NO5/c1-7-33-24(30)21-15(2)29(17-9-11-18(32-6)12-10-17)23(19-13-8-16(27)14-20(19)28)22(21)25(31)34-26(3,4)5/h8-14H,7H2,1-6H3. The van der Waals surface area contributed by atoms with Crippen molar-refractivity contribution in [2.75, 3.05) is 13.7 Å². The normalized spacial score (nSPS) is 11.3. The summed E-state index contributed by atoms with van der Waals surface area (Å²) >= 11 is 12.7. The minimum Gasteiger partial charge on any atom is -0.497 e. The van der Waals surface area contributed by atoms with Crippen molar-refractivity contribution in [3.05, 3.63) is 69.3 Å². The molecule has 0 saturated carbocycles. The minimum atomic E-state index is -0.791. The number of esters is 2. The fraction of sp³-hybridized carbons (Fsp3) is 0.308. The molecular formula is C26H27Cl2NO5. The van der Waals surface area contributed by atoms with Crippen LogP contribution in [-0.4, -0.2) is 35.8 Å². The molecule has 8 heteroatoms. The number of hydrogen-bond acceptors (Lipinski definition) is 5. The number of hydrogen-bond donors (Lipinski definition) is 0. The smallest absolute Gasteiger partial charge is 0.341 e. The molecule has 0 aliphatic heterocycles. The number of methoxy groups -OCH3 is 1. The van der Waals surface area contributed by atoms with Crippen LogP contribution >= 0.6 is 23.2 Å². The summed E-state index contributed by atoms with van der Waals surface area (Å²) in [6.07, 6.45) is 0. The van der Waals surface area contributed by atoms with Crippen LogP contribution in [0.25, 0.3) is 16.9 Å². The van der Waals surface area contributed by atoms with E-state index in [0.717, 1.165) is 0 Å². The van der Waals surface area contributed by atoms with Crippen LogP contribution in [0.4, 0.5) is 0 Å². The predicted octanol–water partition coefficient (Wildman–Crippen LogP) is 6.90. The monoisotopic (exact) mass is 503 g/mol. The van der Waals surface area contributed by atoms with Gasteiger partial charge < -0.3 is 18.8 Å². The first-order valence-corrected chi connectivity index (χ1v) is 11.5. The quantitative estimate of drug-likeness (QED) is 0.342. The lowest BCUT2D eigenvalue weighted by Crippen LogP contribution is -2.25. The van der Waals surface area contributed by atoms with Gasteiger partial charge in [0.05, 0.1) is 30.0 Å². The first-order valence-electron chi connectivity index (χ1n) is 10.7. The molecule has 6 nitrogen and oxygen atoms in total. The average Bonchev–Trinajstić information content (AvgIpc) is 3.05. The SMILES string of the molecule is CCOC(=O)c1c(C(=O)OC(C)(C)C)c(-c2ccc(Cl)cc2Cl)n(-c2ccc(OC)cc2)c1C. The van der Waals surface area contributed by atoms with Gasteiger partial charge in [0.2, 0.25) is 0 Å². The fourth-order valence-corrected chi connectivity index (χ4v) is 4.16. The maximum atomic E-state index is 13.5. The Bertz CT molecular complexity index is 1220. The van der Waals surface area contributed by atoms with Gasteiger partial charge in [0.15, 0.2) is 0 Å². The Hall–Kier alpha value is -2.96. The van der Waals surface area contributed by atoms with Crippen LogP contribution in [0.5, 0.6) is 5.75 Å². The van der Waals surface area contributed by atoms with Gasteiger partial charge in [-0.3, -0.25) is 0 Å². The van der Waals surface area contributed by atoms with Gasteiger partial charge in [-0.15, -0.1) is 0 Å². The molecule has 2 aromatic carbocycles. The van der Waals surface area contributed by atoms with E-state index in [1.54, 1.807) is 76.6 Å². The van der Waals surface area contributed by atoms with Gasteiger partial charge in [-0.2, -0.15) is 0 Å². The number of halogens is 2. The van der Waals surface area contributed by atoms with Crippen LogP contribution in [-0.2, 0) is 9.47 Å². The zero-order valence-corrected chi connectivity index (χ0v) is 21.5. The first-order chi connectivity index (χ1) is 16.0. The van der Waals surface area contributed by atoms with E-state index in [2.05, 4.69) is 0 Å². The number of carbonyl (C=O) groups is 2. The molecule has 0 aliphatic rings. The number of aromatic nitrogens is 1. The molecule has 1 heterocycles. The highest BCUT2D eigenvalue weighted by Crippen LogP contribution is 2.40. The highest BCUT2D eigenvalue weighted by atomic mass is 35.5. The molecule has 0 radical (unpaired) electrons. The van der Waals surface area contributed by atoms with E-state index >= 15 is 0 Å². The molecule has 34 heavy (non-hydrogen) atoms. The third kappa shape index (κ3) is 5.24. The molecule has 0 N–H and O–H groups in total. The van der Waals surface area contributed by atoms with Crippen molar-refractivity contribution in [3.63, 3.8) is 0 Å². The van der Waals surface area contributed by atoms with E-state index < -0.39 is 17.5 Å². The topological polar surface area (TPSA) is 66.8 Å². The van der Waals surface area contributed by atoms with Gasteiger partial charge in [-0.25, -0.2) is 9.59 Å². The van der Waals surface area contributed by atoms with E-state index in [4.69, 9.17) is 37.4 Å². The van der Waals surface area contributed by atoms with Crippen molar-refractivity contribution in [3.8, 4) is 22.7 Å².